The molecule has 1 atom stereocenters. The molecule has 0 bridgehead atoms. The number of amides is 1. The smallest absolute Gasteiger partial charge is 0.267 e. The number of rotatable bonds is 5. The molecule has 3 rings (SSSR count). The number of hydrogen-bond donors (Lipinski definition) is 3. The van der Waals surface area contributed by atoms with Gasteiger partial charge in [-0.1, -0.05) is 11.6 Å². The second-order valence-corrected chi connectivity index (χ2v) is 6.30. The van der Waals surface area contributed by atoms with Crippen molar-refractivity contribution in [1.82, 2.24) is 14.8 Å². The van der Waals surface area contributed by atoms with Crippen LogP contribution >= 0.6 is 11.6 Å². The number of nitrogens with zero attached hydrogens (tertiary/aromatic N) is 2. The molecule has 0 aliphatic rings. The maximum absolute atomic E-state index is 12.5. The van der Waals surface area contributed by atoms with Crippen LogP contribution < -0.4 is 21.3 Å². The van der Waals surface area contributed by atoms with E-state index < -0.39 is 5.91 Å². The van der Waals surface area contributed by atoms with Gasteiger partial charge in [-0.3, -0.25) is 14.3 Å². The van der Waals surface area contributed by atoms with Crippen molar-refractivity contribution in [3.8, 4) is 5.75 Å². The van der Waals surface area contributed by atoms with Gasteiger partial charge in [-0.05, 0) is 19.1 Å². The van der Waals surface area contributed by atoms with E-state index in [-0.39, 0.29) is 17.3 Å². The van der Waals surface area contributed by atoms with Gasteiger partial charge < -0.3 is 20.8 Å². The SMILES string of the molecule is COc1cc2[nH]c(=O)c([C@H](C)Nc3cc(C(N)=O)n(C)n3)cc2cc1Cl. The Bertz CT molecular complexity index is 1060. The fraction of sp³-hybridized carbons (Fsp3) is 0.235. The van der Waals surface area contributed by atoms with Crippen molar-refractivity contribution < 1.29 is 9.53 Å². The van der Waals surface area contributed by atoms with Crippen LogP contribution in [0.4, 0.5) is 5.82 Å². The maximum Gasteiger partial charge on any atom is 0.267 e. The van der Waals surface area contributed by atoms with Crippen molar-refractivity contribution in [2.45, 2.75) is 13.0 Å². The van der Waals surface area contributed by atoms with E-state index in [1.807, 2.05) is 6.92 Å². The third-order valence-electron chi connectivity index (χ3n) is 4.11. The molecule has 8 nitrogen and oxygen atoms in total. The van der Waals surface area contributed by atoms with Gasteiger partial charge >= 0.3 is 0 Å². The number of ether oxygens (including phenoxy) is 1. The number of benzene rings is 1. The predicted octanol–water partition coefficient (Wildman–Crippen LogP) is 2.20. The molecule has 0 unspecified atom stereocenters. The lowest BCUT2D eigenvalue weighted by Gasteiger charge is -2.14. The fourth-order valence-corrected chi connectivity index (χ4v) is 3.02. The Hall–Kier alpha value is -3.00. The van der Waals surface area contributed by atoms with Crippen LogP contribution in [0.5, 0.6) is 5.75 Å². The molecular weight excluding hydrogens is 358 g/mol. The number of primary amides is 1. The van der Waals surface area contributed by atoms with Crippen molar-refractivity contribution in [1.29, 1.82) is 0 Å². The Kier molecular flexibility index (Phi) is 4.60. The fourth-order valence-electron chi connectivity index (χ4n) is 2.77. The highest BCUT2D eigenvalue weighted by Crippen LogP contribution is 2.29. The van der Waals surface area contributed by atoms with Crippen LogP contribution in [0, 0.1) is 0 Å². The molecule has 0 spiro atoms. The van der Waals surface area contributed by atoms with Gasteiger partial charge in [0.1, 0.15) is 17.3 Å². The Balaban J connectivity index is 1.96. The second-order valence-electron chi connectivity index (χ2n) is 5.90. The number of methoxy groups -OCH3 is 1. The molecule has 9 heteroatoms. The van der Waals surface area contributed by atoms with E-state index in [9.17, 15) is 9.59 Å². The number of carbonyl (C=O) groups is 1. The summed E-state index contributed by atoms with van der Waals surface area (Å²) in [5, 5.41) is 8.51. The topological polar surface area (TPSA) is 115 Å². The first kappa shape index (κ1) is 17.8. The Morgan fingerprint density at radius 1 is 1.38 bits per heavy atom. The zero-order valence-corrected chi connectivity index (χ0v) is 15.2. The van der Waals surface area contributed by atoms with Gasteiger partial charge in [-0.25, -0.2) is 0 Å². The number of aromatic nitrogens is 3. The number of aromatic amines is 1. The third-order valence-corrected chi connectivity index (χ3v) is 4.40. The summed E-state index contributed by atoms with van der Waals surface area (Å²) in [5.41, 5.74) is 6.45. The molecule has 0 aliphatic carbocycles. The number of halogens is 1. The standard InChI is InChI=1S/C17H18ClN5O3/c1-8(20-15-7-13(16(19)24)23(2)22-15)10-4-9-5-11(18)14(26-3)6-12(9)21-17(10)25/h4-8H,1-3H3,(H2,19,24)(H,20,22)(H,21,25)/t8-/m0/s1. The van der Waals surface area contributed by atoms with Gasteiger partial charge in [0.2, 0.25) is 0 Å². The summed E-state index contributed by atoms with van der Waals surface area (Å²) in [6, 6.07) is 6.34. The number of aryl methyl sites for hydroxylation is 1. The molecule has 2 aromatic heterocycles. The zero-order chi connectivity index (χ0) is 19.0. The molecule has 0 aliphatic heterocycles. The maximum atomic E-state index is 12.5. The lowest BCUT2D eigenvalue weighted by molar-refractivity contribution is 0.0991. The molecule has 0 saturated carbocycles. The van der Waals surface area contributed by atoms with Crippen LogP contribution in [-0.2, 0) is 7.05 Å². The molecule has 3 aromatic rings. The molecule has 0 radical (unpaired) electrons. The molecule has 4 N–H and O–H groups in total. The van der Waals surface area contributed by atoms with E-state index in [0.717, 1.165) is 5.39 Å². The summed E-state index contributed by atoms with van der Waals surface area (Å²) < 4.78 is 6.55. The van der Waals surface area contributed by atoms with Crippen LogP contribution in [0.25, 0.3) is 10.9 Å². The Morgan fingerprint density at radius 2 is 2.12 bits per heavy atom. The number of H-pyrrole nitrogens is 1. The van der Waals surface area contributed by atoms with Gasteiger partial charge in [-0.15, -0.1) is 0 Å². The summed E-state index contributed by atoms with van der Waals surface area (Å²) in [6.07, 6.45) is 0. The van der Waals surface area contributed by atoms with E-state index >= 15 is 0 Å². The average Bonchev–Trinajstić information content (AvgIpc) is 2.94. The van der Waals surface area contributed by atoms with Gasteiger partial charge in [-0.2, -0.15) is 5.10 Å². The molecule has 1 aromatic carbocycles. The summed E-state index contributed by atoms with van der Waals surface area (Å²) in [4.78, 5) is 26.6. The highest BCUT2D eigenvalue weighted by atomic mass is 35.5. The Labute approximate surface area is 153 Å². The number of hydrogen-bond acceptors (Lipinski definition) is 5. The number of anilines is 1. The summed E-state index contributed by atoms with van der Waals surface area (Å²) in [5.74, 6) is 0.357. The van der Waals surface area contributed by atoms with E-state index in [2.05, 4.69) is 15.4 Å². The average molecular weight is 376 g/mol. The van der Waals surface area contributed by atoms with Gasteiger partial charge in [0.25, 0.3) is 11.5 Å². The summed E-state index contributed by atoms with van der Waals surface area (Å²) >= 11 is 6.17. The van der Waals surface area contributed by atoms with E-state index in [1.165, 1.54) is 17.9 Å². The number of fused-ring (bicyclic) bond motifs is 1. The van der Waals surface area contributed by atoms with E-state index in [4.69, 9.17) is 22.1 Å². The minimum absolute atomic E-state index is 0.243. The first-order valence-electron chi connectivity index (χ1n) is 7.81. The lowest BCUT2D eigenvalue weighted by Crippen LogP contribution is -2.19. The second kappa shape index (κ2) is 6.72. The van der Waals surface area contributed by atoms with Crippen LogP contribution in [0.15, 0.2) is 29.1 Å². The molecule has 26 heavy (non-hydrogen) atoms. The first-order valence-corrected chi connectivity index (χ1v) is 8.18. The monoisotopic (exact) mass is 375 g/mol. The molecule has 136 valence electrons. The lowest BCUT2D eigenvalue weighted by atomic mass is 10.1. The van der Waals surface area contributed by atoms with Crippen LogP contribution in [0.1, 0.15) is 29.0 Å². The van der Waals surface area contributed by atoms with Crippen molar-refractivity contribution in [3.05, 3.63) is 50.9 Å². The highest BCUT2D eigenvalue weighted by molar-refractivity contribution is 6.32. The third kappa shape index (κ3) is 3.23. The van der Waals surface area contributed by atoms with Crippen molar-refractivity contribution in [2.75, 3.05) is 12.4 Å². The van der Waals surface area contributed by atoms with Crippen molar-refractivity contribution >= 4 is 34.2 Å². The van der Waals surface area contributed by atoms with E-state index in [0.29, 0.717) is 27.7 Å². The minimum Gasteiger partial charge on any atom is -0.495 e. The molecule has 2 heterocycles. The van der Waals surface area contributed by atoms with Crippen molar-refractivity contribution in [2.24, 2.45) is 12.8 Å². The minimum atomic E-state index is -0.576. The van der Waals surface area contributed by atoms with Crippen molar-refractivity contribution in [3.63, 3.8) is 0 Å². The molecule has 0 saturated heterocycles. The van der Waals surface area contributed by atoms with E-state index in [1.54, 1.807) is 25.2 Å². The van der Waals surface area contributed by atoms with Gasteiger partial charge in [0.15, 0.2) is 0 Å². The predicted molar refractivity (Wildman–Crippen MR) is 99.9 cm³/mol. The van der Waals surface area contributed by atoms with Crippen LogP contribution in [0.3, 0.4) is 0 Å². The van der Waals surface area contributed by atoms with Crippen LogP contribution in [-0.4, -0.2) is 27.8 Å². The largest absolute Gasteiger partial charge is 0.495 e. The molecular formula is C17H18ClN5O3. The number of nitrogens with one attached hydrogen (secondary N) is 2. The normalized spacial score (nSPS) is 12.2. The summed E-state index contributed by atoms with van der Waals surface area (Å²) in [7, 11) is 3.13. The summed E-state index contributed by atoms with van der Waals surface area (Å²) in [6.45, 7) is 1.82. The van der Waals surface area contributed by atoms with Gasteiger partial charge in [0, 0.05) is 30.1 Å². The van der Waals surface area contributed by atoms with Crippen LogP contribution in [0.2, 0.25) is 5.02 Å². The first-order chi connectivity index (χ1) is 12.3. The highest BCUT2D eigenvalue weighted by Gasteiger charge is 2.16. The molecule has 0 fully saturated rings. The van der Waals surface area contributed by atoms with Gasteiger partial charge in [0.05, 0.1) is 23.7 Å². The number of carbonyl (C=O) groups excluding carboxylic acids is 1. The quantitative estimate of drug-likeness (QED) is 0.632. The number of nitrogens with two attached hydrogens (primary N) is 1. The molecule has 1 amide bonds. The Morgan fingerprint density at radius 3 is 2.73 bits per heavy atom. The zero-order valence-electron chi connectivity index (χ0n) is 14.5. The number of pyridine rings is 1.